The Hall–Kier alpha value is -4.21. The third-order valence-corrected chi connectivity index (χ3v) is 4.55. The zero-order chi connectivity index (χ0) is 22.0. The van der Waals surface area contributed by atoms with Crippen molar-refractivity contribution in [3.8, 4) is 5.69 Å². The maximum absolute atomic E-state index is 13.4. The fourth-order valence-electron chi connectivity index (χ4n) is 3.08. The lowest BCUT2D eigenvalue weighted by Gasteiger charge is -2.12. The number of nitrogen functional groups attached to an aromatic ring is 1. The molecule has 3 heterocycles. The molecule has 0 radical (unpaired) electrons. The molecule has 0 amide bonds. The molecule has 2 aromatic carbocycles. The number of anilines is 1. The zero-order valence-electron chi connectivity index (χ0n) is 16.4. The summed E-state index contributed by atoms with van der Waals surface area (Å²) in [6, 6.07) is 9.49. The number of fused-ring (bicyclic) bond motifs is 2. The molecule has 5 rings (SSSR count). The SMILES string of the molecule is CCc1nc2ccc(F)cc2c(=O)n1-c1ccc(F)cc1.Nc1ncnc2nc[nH]c12. The van der Waals surface area contributed by atoms with Crippen LogP contribution in [0, 0.1) is 11.6 Å². The standard InChI is InChI=1S/C16H12F2N2O.C5H5N5/c1-2-15-19-14-8-5-11(18)9-13(14)16(21)20(15)12-6-3-10(17)4-7-12;6-4-3-5(9-1-7-3)10-2-8-4/h3-9H,2H2,1H3;1-2H,(H3,6,7,8,9,10). The van der Waals surface area contributed by atoms with Crippen molar-refractivity contribution in [2.45, 2.75) is 13.3 Å². The van der Waals surface area contributed by atoms with Gasteiger partial charge < -0.3 is 10.7 Å². The van der Waals surface area contributed by atoms with Gasteiger partial charge in [-0.05, 0) is 42.5 Å². The van der Waals surface area contributed by atoms with Crippen molar-refractivity contribution < 1.29 is 8.78 Å². The van der Waals surface area contributed by atoms with Crippen molar-refractivity contribution >= 4 is 27.9 Å². The van der Waals surface area contributed by atoms with Gasteiger partial charge in [-0.2, -0.15) is 0 Å². The molecule has 31 heavy (non-hydrogen) atoms. The van der Waals surface area contributed by atoms with Crippen molar-refractivity contribution in [1.29, 1.82) is 0 Å². The molecule has 0 aliphatic rings. The number of hydrogen-bond donors (Lipinski definition) is 2. The highest BCUT2D eigenvalue weighted by atomic mass is 19.1. The molecule has 0 bridgehead atoms. The summed E-state index contributed by atoms with van der Waals surface area (Å²) in [4.78, 5) is 31.4. The number of rotatable bonds is 2. The molecular weight excluding hydrogens is 404 g/mol. The minimum atomic E-state index is -0.490. The number of benzene rings is 2. The number of aromatic amines is 1. The lowest BCUT2D eigenvalue weighted by Crippen LogP contribution is -2.23. The van der Waals surface area contributed by atoms with Gasteiger partial charge in [0.25, 0.3) is 5.56 Å². The Balaban J connectivity index is 0.000000192. The van der Waals surface area contributed by atoms with Crippen LogP contribution >= 0.6 is 0 Å². The number of halogens is 2. The Morgan fingerprint density at radius 1 is 1.03 bits per heavy atom. The number of aromatic nitrogens is 6. The highest BCUT2D eigenvalue weighted by Crippen LogP contribution is 2.15. The quantitative estimate of drug-likeness (QED) is 0.452. The van der Waals surface area contributed by atoms with Gasteiger partial charge in [-0.1, -0.05) is 6.92 Å². The summed E-state index contributed by atoms with van der Waals surface area (Å²) in [6.45, 7) is 1.87. The van der Waals surface area contributed by atoms with Crippen LogP contribution in [0.3, 0.4) is 0 Å². The van der Waals surface area contributed by atoms with Crippen molar-refractivity contribution in [1.82, 2.24) is 29.5 Å². The molecule has 0 spiro atoms. The molecule has 0 saturated heterocycles. The largest absolute Gasteiger partial charge is 0.382 e. The fourth-order valence-corrected chi connectivity index (χ4v) is 3.08. The summed E-state index contributed by atoms with van der Waals surface area (Å²) in [7, 11) is 0. The van der Waals surface area contributed by atoms with Crippen LogP contribution in [0.4, 0.5) is 14.6 Å². The first kappa shape index (κ1) is 20.1. The van der Waals surface area contributed by atoms with Crippen LogP contribution in [0.2, 0.25) is 0 Å². The van der Waals surface area contributed by atoms with E-state index in [1.54, 1.807) is 0 Å². The Bertz CT molecular complexity index is 1430. The molecule has 0 fully saturated rings. The molecule has 3 aromatic heterocycles. The predicted octanol–water partition coefficient (Wildman–Crippen LogP) is 3.16. The first-order valence-corrected chi connectivity index (χ1v) is 9.34. The summed E-state index contributed by atoms with van der Waals surface area (Å²) in [5, 5.41) is 0.205. The second kappa shape index (κ2) is 8.27. The molecule has 156 valence electrons. The van der Waals surface area contributed by atoms with Crippen molar-refractivity contribution in [3.05, 3.63) is 82.9 Å². The Labute approximate surface area is 174 Å². The summed E-state index contributed by atoms with van der Waals surface area (Å²) < 4.78 is 27.8. The van der Waals surface area contributed by atoms with E-state index in [9.17, 15) is 13.6 Å². The van der Waals surface area contributed by atoms with Crippen LogP contribution in [0.1, 0.15) is 12.7 Å². The van der Waals surface area contributed by atoms with E-state index in [2.05, 4.69) is 24.9 Å². The van der Waals surface area contributed by atoms with Gasteiger partial charge in [-0.25, -0.2) is 28.7 Å². The maximum Gasteiger partial charge on any atom is 0.266 e. The Kier molecular flexibility index (Phi) is 5.35. The van der Waals surface area contributed by atoms with E-state index in [4.69, 9.17) is 5.73 Å². The van der Waals surface area contributed by atoms with Crippen LogP contribution in [0.15, 0.2) is 59.9 Å². The maximum atomic E-state index is 13.4. The molecule has 0 aliphatic carbocycles. The minimum Gasteiger partial charge on any atom is -0.382 e. The predicted molar refractivity (Wildman–Crippen MR) is 113 cm³/mol. The van der Waals surface area contributed by atoms with Crippen molar-refractivity contribution in [2.75, 3.05) is 5.73 Å². The van der Waals surface area contributed by atoms with E-state index in [1.807, 2.05) is 6.92 Å². The van der Waals surface area contributed by atoms with E-state index in [0.717, 1.165) is 0 Å². The molecule has 3 N–H and O–H groups in total. The van der Waals surface area contributed by atoms with E-state index in [1.165, 1.54) is 59.7 Å². The number of nitrogens with one attached hydrogen (secondary N) is 1. The summed E-state index contributed by atoms with van der Waals surface area (Å²) in [6.07, 6.45) is 3.45. The molecule has 0 aliphatic heterocycles. The highest BCUT2D eigenvalue weighted by Gasteiger charge is 2.12. The number of H-pyrrole nitrogens is 1. The number of nitrogens with zero attached hydrogens (tertiary/aromatic N) is 5. The fraction of sp³-hybridized carbons (Fsp3) is 0.0952. The normalized spacial score (nSPS) is 10.8. The summed E-state index contributed by atoms with van der Waals surface area (Å²) in [5.74, 6) is 0.106. The first-order valence-electron chi connectivity index (χ1n) is 9.34. The summed E-state index contributed by atoms with van der Waals surface area (Å²) in [5.41, 5.74) is 7.39. The van der Waals surface area contributed by atoms with Crippen LogP contribution < -0.4 is 11.3 Å². The zero-order valence-corrected chi connectivity index (χ0v) is 16.4. The minimum absolute atomic E-state index is 0.205. The van der Waals surface area contributed by atoms with E-state index in [-0.39, 0.29) is 16.8 Å². The van der Waals surface area contributed by atoms with Crippen molar-refractivity contribution in [3.63, 3.8) is 0 Å². The van der Waals surface area contributed by atoms with Gasteiger partial charge in [0.2, 0.25) is 0 Å². The number of imidazole rings is 1. The van der Waals surface area contributed by atoms with Gasteiger partial charge in [-0.3, -0.25) is 9.36 Å². The van der Waals surface area contributed by atoms with Crippen LogP contribution in [-0.2, 0) is 6.42 Å². The number of hydrogen-bond acceptors (Lipinski definition) is 6. The second-order valence-electron chi connectivity index (χ2n) is 6.52. The van der Waals surface area contributed by atoms with Crippen molar-refractivity contribution in [2.24, 2.45) is 0 Å². The molecular formula is C21H17F2N7O. The molecule has 5 aromatic rings. The van der Waals surface area contributed by atoms with Crippen LogP contribution in [0.25, 0.3) is 27.8 Å². The molecule has 10 heteroatoms. The summed E-state index contributed by atoms with van der Waals surface area (Å²) >= 11 is 0. The number of aryl methyl sites for hydroxylation is 1. The molecule has 0 atom stereocenters. The Morgan fingerprint density at radius 2 is 1.77 bits per heavy atom. The highest BCUT2D eigenvalue weighted by molar-refractivity contribution is 5.80. The van der Waals surface area contributed by atoms with E-state index < -0.39 is 5.82 Å². The molecule has 0 unspecified atom stereocenters. The van der Waals surface area contributed by atoms with E-state index in [0.29, 0.717) is 40.4 Å². The molecule has 0 saturated carbocycles. The van der Waals surface area contributed by atoms with Gasteiger partial charge in [0.1, 0.15) is 29.3 Å². The second-order valence-corrected chi connectivity index (χ2v) is 6.52. The van der Waals surface area contributed by atoms with Gasteiger partial charge >= 0.3 is 0 Å². The Morgan fingerprint density at radius 3 is 2.48 bits per heavy atom. The monoisotopic (exact) mass is 421 g/mol. The average molecular weight is 421 g/mol. The van der Waals surface area contributed by atoms with Gasteiger partial charge in [0.15, 0.2) is 11.5 Å². The lowest BCUT2D eigenvalue weighted by molar-refractivity contribution is 0.627. The third kappa shape index (κ3) is 3.95. The van der Waals surface area contributed by atoms with Gasteiger partial charge in [0.05, 0.1) is 22.9 Å². The smallest absolute Gasteiger partial charge is 0.266 e. The average Bonchev–Trinajstić information content (AvgIpc) is 3.26. The van der Waals surface area contributed by atoms with Gasteiger partial charge in [-0.15, -0.1) is 0 Å². The molecule has 8 nitrogen and oxygen atoms in total. The topological polar surface area (TPSA) is 115 Å². The van der Waals surface area contributed by atoms with Crippen LogP contribution in [0.5, 0.6) is 0 Å². The van der Waals surface area contributed by atoms with Gasteiger partial charge in [0, 0.05) is 6.42 Å². The van der Waals surface area contributed by atoms with Crippen LogP contribution in [-0.4, -0.2) is 29.5 Å². The first-order chi connectivity index (χ1) is 15.0. The number of nitrogens with two attached hydrogens (primary N) is 1. The lowest BCUT2D eigenvalue weighted by atomic mass is 10.2. The third-order valence-electron chi connectivity index (χ3n) is 4.55. The van der Waals surface area contributed by atoms with E-state index >= 15 is 0 Å².